The van der Waals surface area contributed by atoms with E-state index in [1.807, 2.05) is 29.6 Å². The molecule has 0 spiro atoms. The number of nitrogens with zero attached hydrogens (tertiary/aromatic N) is 3. The van der Waals surface area contributed by atoms with E-state index in [2.05, 4.69) is 27.1 Å². The molecule has 0 aliphatic heterocycles. The lowest BCUT2D eigenvalue weighted by molar-refractivity contribution is 0.0686. The number of aromatic carboxylic acids is 2. The average Bonchev–Trinajstić information content (AvgIpc) is 3.56. The fourth-order valence-electron chi connectivity index (χ4n) is 3.39. The van der Waals surface area contributed by atoms with Gasteiger partial charge in [-0.1, -0.05) is 6.07 Å². The summed E-state index contributed by atoms with van der Waals surface area (Å²) in [6, 6.07) is 17.5. The summed E-state index contributed by atoms with van der Waals surface area (Å²) in [6.45, 7) is 0. The molecule has 0 saturated carbocycles. The lowest BCUT2D eigenvalue weighted by atomic mass is 10.1. The Morgan fingerprint density at radius 2 is 1.32 bits per heavy atom. The Labute approximate surface area is 201 Å². The SMILES string of the molecule is O=C(O)c1ccnc(-c2cc(C(=O)O)cc(-c3cc(-c4ccc(-c5cccs5)s4)ccn3)n2)c1. The zero-order valence-electron chi connectivity index (χ0n) is 17.4. The number of thiophene rings is 2. The van der Waals surface area contributed by atoms with Gasteiger partial charge in [0.25, 0.3) is 0 Å². The number of aromatic nitrogens is 3. The smallest absolute Gasteiger partial charge is 0.335 e. The van der Waals surface area contributed by atoms with Crippen LogP contribution in [0.3, 0.4) is 0 Å². The Morgan fingerprint density at radius 3 is 2.00 bits per heavy atom. The van der Waals surface area contributed by atoms with Crippen LogP contribution in [0.25, 0.3) is 43.0 Å². The minimum atomic E-state index is -1.13. The van der Waals surface area contributed by atoms with E-state index in [1.165, 1.54) is 40.2 Å². The van der Waals surface area contributed by atoms with Gasteiger partial charge < -0.3 is 10.2 Å². The van der Waals surface area contributed by atoms with Crippen LogP contribution in [0.4, 0.5) is 0 Å². The first-order valence-corrected chi connectivity index (χ1v) is 11.7. The van der Waals surface area contributed by atoms with Crippen molar-refractivity contribution in [1.29, 1.82) is 0 Å². The van der Waals surface area contributed by atoms with Crippen molar-refractivity contribution < 1.29 is 19.8 Å². The molecule has 5 aromatic heterocycles. The summed E-state index contributed by atoms with van der Waals surface area (Å²) < 4.78 is 0. The van der Waals surface area contributed by atoms with Gasteiger partial charge in [-0.15, -0.1) is 22.7 Å². The largest absolute Gasteiger partial charge is 0.478 e. The van der Waals surface area contributed by atoms with Gasteiger partial charge in [0.2, 0.25) is 0 Å². The van der Waals surface area contributed by atoms with Crippen LogP contribution in [0.2, 0.25) is 0 Å². The first-order chi connectivity index (χ1) is 16.5. The van der Waals surface area contributed by atoms with Gasteiger partial charge in [-0.2, -0.15) is 0 Å². The lowest BCUT2D eigenvalue weighted by Crippen LogP contribution is -2.02. The second-order valence-corrected chi connectivity index (χ2v) is 9.27. The fraction of sp³-hybridized carbons (Fsp3) is 0. The molecule has 0 unspecified atom stereocenters. The van der Waals surface area contributed by atoms with Gasteiger partial charge in [0.1, 0.15) is 0 Å². The topological polar surface area (TPSA) is 113 Å². The zero-order chi connectivity index (χ0) is 23.7. The standard InChI is InChI=1S/C25H15N3O4S2/c29-24(30)15-6-8-27-18(11-15)20-13-16(25(31)32)12-19(28-20)17-10-14(5-7-26-17)21-3-4-23(34-21)22-2-1-9-33-22/h1-13H,(H,29,30)(H,31,32). The van der Waals surface area contributed by atoms with Crippen LogP contribution in [-0.4, -0.2) is 37.1 Å². The second-order valence-electron chi connectivity index (χ2n) is 7.24. The Hall–Kier alpha value is -4.21. The van der Waals surface area contributed by atoms with Gasteiger partial charge in [0, 0.05) is 27.0 Å². The molecule has 0 amide bonds. The molecule has 2 N–H and O–H groups in total. The van der Waals surface area contributed by atoms with Crippen molar-refractivity contribution in [1.82, 2.24) is 15.0 Å². The predicted octanol–water partition coefficient (Wildman–Crippen LogP) is 6.06. The molecular weight excluding hydrogens is 470 g/mol. The number of carboxylic acids is 2. The van der Waals surface area contributed by atoms with Crippen molar-refractivity contribution in [2.45, 2.75) is 0 Å². The third kappa shape index (κ3) is 4.34. The molecule has 0 aliphatic rings. The van der Waals surface area contributed by atoms with E-state index in [0.29, 0.717) is 11.4 Å². The summed E-state index contributed by atoms with van der Waals surface area (Å²) in [5, 5.41) is 21.0. The molecule has 5 rings (SSSR count). The van der Waals surface area contributed by atoms with E-state index < -0.39 is 11.9 Å². The molecule has 0 saturated heterocycles. The van der Waals surface area contributed by atoms with Crippen LogP contribution in [0, 0.1) is 0 Å². The third-order valence-electron chi connectivity index (χ3n) is 5.02. The highest BCUT2D eigenvalue weighted by Crippen LogP contribution is 2.37. The zero-order valence-corrected chi connectivity index (χ0v) is 19.0. The van der Waals surface area contributed by atoms with Crippen LogP contribution in [0.15, 0.2) is 78.4 Å². The molecule has 0 aromatic carbocycles. The van der Waals surface area contributed by atoms with Crippen molar-refractivity contribution >= 4 is 34.6 Å². The maximum absolute atomic E-state index is 11.8. The highest BCUT2D eigenvalue weighted by molar-refractivity contribution is 7.23. The van der Waals surface area contributed by atoms with E-state index in [9.17, 15) is 19.8 Å². The second kappa shape index (κ2) is 8.97. The fourth-order valence-corrected chi connectivity index (χ4v) is 5.23. The Morgan fingerprint density at radius 1 is 0.676 bits per heavy atom. The normalized spacial score (nSPS) is 10.8. The van der Waals surface area contributed by atoms with Crippen LogP contribution >= 0.6 is 22.7 Å². The van der Waals surface area contributed by atoms with Crippen LogP contribution in [-0.2, 0) is 0 Å². The van der Waals surface area contributed by atoms with Gasteiger partial charge in [-0.3, -0.25) is 9.97 Å². The summed E-state index contributed by atoms with van der Waals surface area (Å²) in [4.78, 5) is 39.7. The quantitative estimate of drug-likeness (QED) is 0.300. The van der Waals surface area contributed by atoms with E-state index in [1.54, 1.807) is 28.9 Å². The molecule has 0 bridgehead atoms. The van der Waals surface area contributed by atoms with Crippen LogP contribution in [0.5, 0.6) is 0 Å². The van der Waals surface area contributed by atoms with Crippen molar-refractivity contribution in [2.75, 3.05) is 0 Å². The van der Waals surface area contributed by atoms with Gasteiger partial charge in [0.15, 0.2) is 0 Å². The molecule has 0 radical (unpaired) electrons. The molecule has 5 heterocycles. The molecule has 0 aliphatic carbocycles. The van der Waals surface area contributed by atoms with Crippen molar-refractivity contribution in [3.8, 4) is 43.0 Å². The summed E-state index contributed by atoms with van der Waals surface area (Å²) >= 11 is 3.34. The number of rotatable bonds is 6. The maximum Gasteiger partial charge on any atom is 0.335 e. The monoisotopic (exact) mass is 485 g/mol. The molecule has 9 heteroatoms. The number of hydrogen-bond donors (Lipinski definition) is 2. The first kappa shape index (κ1) is 21.6. The molecule has 7 nitrogen and oxygen atoms in total. The highest BCUT2D eigenvalue weighted by Gasteiger charge is 2.15. The Balaban J connectivity index is 1.57. The van der Waals surface area contributed by atoms with Gasteiger partial charge >= 0.3 is 11.9 Å². The third-order valence-corrected chi connectivity index (χ3v) is 7.22. The summed E-state index contributed by atoms with van der Waals surface area (Å²) in [5.41, 5.74) is 2.35. The van der Waals surface area contributed by atoms with Crippen molar-refractivity contribution in [3.63, 3.8) is 0 Å². The maximum atomic E-state index is 11.8. The Bertz CT molecular complexity index is 1530. The van der Waals surface area contributed by atoms with Gasteiger partial charge in [-0.25, -0.2) is 14.6 Å². The average molecular weight is 486 g/mol. The summed E-state index contributed by atoms with van der Waals surface area (Å²) in [7, 11) is 0. The molecule has 0 fully saturated rings. The van der Waals surface area contributed by atoms with E-state index >= 15 is 0 Å². The number of carbonyl (C=O) groups is 2. The van der Waals surface area contributed by atoms with Gasteiger partial charge in [-0.05, 0) is 65.5 Å². The number of hydrogen-bond acceptors (Lipinski definition) is 7. The summed E-state index contributed by atoms with van der Waals surface area (Å²) in [6.07, 6.45) is 3.02. The minimum absolute atomic E-state index is 0.00540. The lowest BCUT2D eigenvalue weighted by Gasteiger charge is -2.08. The van der Waals surface area contributed by atoms with E-state index in [0.717, 1.165) is 10.4 Å². The first-order valence-electron chi connectivity index (χ1n) is 10.0. The molecule has 0 atom stereocenters. The minimum Gasteiger partial charge on any atom is -0.478 e. The van der Waals surface area contributed by atoms with Crippen molar-refractivity contribution in [2.24, 2.45) is 0 Å². The van der Waals surface area contributed by atoms with Crippen molar-refractivity contribution in [3.05, 3.63) is 89.6 Å². The van der Waals surface area contributed by atoms with Crippen LogP contribution in [0.1, 0.15) is 20.7 Å². The van der Waals surface area contributed by atoms with Gasteiger partial charge in [0.05, 0.1) is 33.9 Å². The number of carboxylic acid groups (broad SMARTS) is 2. The predicted molar refractivity (Wildman–Crippen MR) is 131 cm³/mol. The molecule has 166 valence electrons. The Kier molecular flexibility index (Phi) is 5.70. The van der Waals surface area contributed by atoms with E-state index in [4.69, 9.17) is 0 Å². The molecular formula is C25H15N3O4S2. The van der Waals surface area contributed by atoms with E-state index in [-0.39, 0.29) is 22.5 Å². The highest BCUT2D eigenvalue weighted by atomic mass is 32.1. The summed E-state index contributed by atoms with van der Waals surface area (Å²) in [5.74, 6) is -2.24. The molecule has 5 aromatic rings. The number of pyridine rings is 3. The van der Waals surface area contributed by atoms with Crippen LogP contribution < -0.4 is 0 Å². The molecule has 34 heavy (non-hydrogen) atoms.